The van der Waals surface area contributed by atoms with Crippen LogP contribution in [0.3, 0.4) is 0 Å². The van der Waals surface area contributed by atoms with Crippen molar-refractivity contribution in [3.8, 4) is 6.07 Å². The Morgan fingerprint density at radius 3 is 2.20 bits per heavy atom. The topological polar surface area (TPSA) is 70.0 Å². The van der Waals surface area contributed by atoms with Crippen LogP contribution in [0, 0.1) is 11.3 Å². The molecule has 20 heavy (non-hydrogen) atoms. The number of hydrogen-bond acceptors (Lipinski definition) is 3. The summed E-state index contributed by atoms with van der Waals surface area (Å²) in [6.07, 6.45) is 0. The van der Waals surface area contributed by atoms with Gasteiger partial charge in [-0.3, -0.25) is 0 Å². The number of benzene rings is 2. The van der Waals surface area contributed by atoms with Crippen LogP contribution in [0.1, 0.15) is 16.7 Å². The molecule has 0 amide bonds. The molecule has 102 valence electrons. The van der Waals surface area contributed by atoms with Crippen LogP contribution < -0.4 is 4.72 Å². The van der Waals surface area contributed by atoms with Gasteiger partial charge in [-0.25, -0.2) is 13.1 Å². The molecule has 0 unspecified atom stereocenters. The van der Waals surface area contributed by atoms with Crippen molar-refractivity contribution in [3.05, 3.63) is 71.3 Å². The number of nitriles is 1. The first kappa shape index (κ1) is 14.3. The van der Waals surface area contributed by atoms with Gasteiger partial charge in [0.25, 0.3) is 0 Å². The molecule has 0 aliphatic rings. The summed E-state index contributed by atoms with van der Waals surface area (Å²) in [5.74, 6) is -0.0376. The van der Waals surface area contributed by atoms with Crippen LogP contribution in [-0.2, 0) is 22.3 Å². The Bertz CT molecular complexity index is 702. The predicted molar refractivity (Wildman–Crippen MR) is 77.1 cm³/mol. The largest absolute Gasteiger partial charge is 0.216 e. The van der Waals surface area contributed by atoms with E-state index in [-0.39, 0.29) is 12.3 Å². The van der Waals surface area contributed by atoms with Crippen LogP contribution in [0.4, 0.5) is 0 Å². The Morgan fingerprint density at radius 1 is 0.950 bits per heavy atom. The van der Waals surface area contributed by atoms with Gasteiger partial charge in [0.2, 0.25) is 10.0 Å². The summed E-state index contributed by atoms with van der Waals surface area (Å²) in [5.41, 5.74) is 2.13. The highest BCUT2D eigenvalue weighted by Gasteiger charge is 2.10. The molecule has 0 atom stereocenters. The van der Waals surface area contributed by atoms with E-state index in [1.807, 2.05) is 24.3 Å². The highest BCUT2D eigenvalue weighted by molar-refractivity contribution is 7.88. The third kappa shape index (κ3) is 4.19. The summed E-state index contributed by atoms with van der Waals surface area (Å²) in [6, 6.07) is 17.9. The molecule has 0 saturated carbocycles. The Labute approximate surface area is 118 Å². The first-order valence-electron chi connectivity index (χ1n) is 6.09. The van der Waals surface area contributed by atoms with E-state index in [1.54, 1.807) is 36.4 Å². The quantitative estimate of drug-likeness (QED) is 0.915. The van der Waals surface area contributed by atoms with Gasteiger partial charge in [-0.1, -0.05) is 42.5 Å². The summed E-state index contributed by atoms with van der Waals surface area (Å²) < 4.78 is 26.4. The van der Waals surface area contributed by atoms with Crippen molar-refractivity contribution in [2.75, 3.05) is 0 Å². The van der Waals surface area contributed by atoms with Crippen molar-refractivity contribution in [1.82, 2.24) is 4.72 Å². The summed E-state index contributed by atoms with van der Waals surface area (Å²) in [4.78, 5) is 0. The van der Waals surface area contributed by atoms with Crippen LogP contribution in [0.2, 0.25) is 0 Å². The van der Waals surface area contributed by atoms with Gasteiger partial charge in [0.15, 0.2) is 0 Å². The molecule has 1 N–H and O–H groups in total. The monoisotopic (exact) mass is 286 g/mol. The molecule has 0 aliphatic carbocycles. The van der Waals surface area contributed by atoms with Gasteiger partial charge in [0, 0.05) is 6.54 Å². The van der Waals surface area contributed by atoms with E-state index in [4.69, 9.17) is 5.26 Å². The second-order valence-corrected chi connectivity index (χ2v) is 6.18. The van der Waals surface area contributed by atoms with Gasteiger partial charge in [-0.2, -0.15) is 5.26 Å². The second kappa shape index (κ2) is 6.33. The molecule has 0 fully saturated rings. The molecule has 0 heterocycles. The number of sulfonamides is 1. The molecular weight excluding hydrogens is 272 g/mol. The van der Waals surface area contributed by atoms with E-state index < -0.39 is 10.0 Å². The van der Waals surface area contributed by atoms with E-state index in [0.717, 1.165) is 11.1 Å². The van der Waals surface area contributed by atoms with E-state index in [1.165, 1.54) is 0 Å². The van der Waals surface area contributed by atoms with E-state index in [0.29, 0.717) is 5.56 Å². The first-order valence-corrected chi connectivity index (χ1v) is 7.74. The molecule has 0 bridgehead atoms. The highest BCUT2D eigenvalue weighted by atomic mass is 32.2. The SMILES string of the molecule is N#Cc1ccc(CNS(=O)(=O)Cc2ccccc2)cc1. The third-order valence-corrected chi connectivity index (χ3v) is 4.08. The lowest BCUT2D eigenvalue weighted by Crippen LogP contribution is -2.24. The first-order chi connectivity index (χ1) is 9.59. The standard InChI is InChI=1S/C15H14N2O2S/c16-10-13-6-8-14(9-7-13)11-17-20(18,19)12-15-4-2-1-3-5-15/h1-9,17H,11-12H2. The summed E-state index contributed by atoms with van der Waals surface area (Å²) in [5, 5.41) is 8.69. The van der Waals surface area contributed by atoms with Crippen LogP contribution in [0.25, 0.3) is 0 Å². The van der Waals surface area contributed by atoms with E-state index in [9.17, 15) is 8.42 Å². The van der Waals surface area contributed by atoms with Crippen LogP contribution in [-0.4, -0.2) is 8.42 Å². The number of hydrogen-bond donors (Lipinski definition) is 1. The average Bonchev–Trinajstić information content (AvgIpc) is 2.46. The number of rotatable bonds is 5. The molecule has 4 nitrogen and oxygen atoms in total. The number of nitrogens with zero attached hydrogens (tertiary/aromatic N) is 1. The maximum atomic E-state index is 11.9. The van der Waals surface area contributed by atoms with Crippen LogP contribution >= 0.6 is 0 Å². The zero-order valence-corrected chi connectivity index (χ0v) is 11.6. The summed E-state index contributed by atoms with van der Waals surface area (Å²) >= 11 is 0. The normalized spacial score (nSPS) is 10.9. The molecule has 0 radical (unpaired) electrons. The fourth-order valence-electron chi connectivity index (χ4n) is 1.74. The van der Waals surface area contributed by atoms with Crippen molar-refractivity contribution in [2.45, 2.75) is 12.3 Å². The van der Waals surface area contributed by atoms with Gasteiger partial charge < -0.3 is 0 Å². The molecule has 0 spiro atoms. The minimum absolute atomic E-state index is 0.0376. The zero-order valence-electron chi connectivity index (χ0n) is 10.8. The van der Waals surface area contributed by atoms with Crippen molar-refractivity contribution < 1.29 is 8.42 Å². The van der Waals surface area contributed by atoms with Crippen molar-refractivity contribution in [3.63, 3.8) is 0 Å². The van der Waals surface area contributed by atoms with Gasteiger partial charge in [0.05, 0.1) is 17.4 Å². The van der Waals surface area contributed by atoms with Gasteiger partial charge in [0.1, 0.15) is 0 Å². The predicted octanol–water partition coefficient (Wildman–Crippen LogP) is 2.18. The Morgan fingerprint density at radius 2 is 1.60 bits per heavy atom. The lowest BCUT2D eigenvalue weighted by molar-refractivity contribution is 0.580. The van der Waals surface area contributed by atoms with E-state index >= 15 is 0 Å². The maximum absolute atomic E-state index is 11.9. The molecule has 2 aromatic carbocycles. The minimum atomic E-state index is -3.36. The molecule has 0 aromatic heterocycles. The van der Waals surface area contributed by atoms with Crippen LogP contribution in [0.5, 0.6) is 0 Å². The maximum Gasteiger partial charge on any atom is 0.216 e. The fourth-order valence-corrected chi connectivity index (χ4v) is 2.86. The van der Waals surface area contributed by atoms with E-state index in [2.05, 4.69) is 4.72 Å². The van der Waals surface area contributed by atoms with Crippen molar-refractivity contribution in [2.24, 2.45) is 0 Å². The minimum Gasteiger partial charge on any atom is -0.212 e. The Kier molecular flexibility index (Phi) is 4.51. The molecular formula is C15H14N2O2S. The van der Waals surface area contributed by atoms with Gasteiger partial charge in [-0.05, 0) is 23.3 Å². The fraction of sp³-hybridized carbons (Fsp3) is 0.133. The van der Waals surface area contributed by atoms with Crippen molar-refractivity contribution in [1.29, 1.82) is 5.26 Å². The zero-order chi connectivity index (χ0) is 14.4. The van der Waals surface area contributed by atoms with Crippen molar-refractivity contribution >= 4 is 10.0 Å². The van der Waals surface area contributed by atoms with Gasteiger partial charge >= 0.3 is 0 Å². The Hall–Kier alpha value is -2.16. The molecule has 0 aliphatic heterocycles. The highest BCUT2D eigenvalue weighted by Crippen LogP contribution is 2.07. The van der Waals surface area contributed by atoms with Gasteiger partial charge in [-0.15, -0.1) is 0 Å². The Balaban J connectivity index is 1.97. The summed E-state index contributed by atoms with van der Waals surface area (Å²) in [7, 11) is -3.36. The lowest BCUT2D eigenvalue weighted by Gasteiger charge is -2.07. The molecule has 2 aromatic rings. The molecule has 5 heteroatoms. The molecule has 0 saturated heterocycles. The average molecular weight is 286 g/mol. The summed E-state index contributed by atoms with van der Waals surface area (Å²) in [6.45, 7) is 0.223. The lowest BCUT2D eigenvalue weighted by atomic mass is 10.1. The molecule has 2 rings (SSSR count). The number of nitrogens with one attached hydrogen (secondary N) is 1. The third-order valence-electron chi connectivity index (χ3n) is 2.78. The second-order valence-electron chi connectivity index (χ2n) is 4.37. The smallest absolute Gasteiger partial charge is 0.212 e. The van der Waals surface area contributed by atoms with Crippen LogP contribution in [0.15, 0.2) is 54.6 Å².